The molecule has 0 N–H and O–H groups in total. The van der Waals surface area contributed by atoms with Gasteiger partial charge in [0.05, 0.1) is 0 Å². The zero-order valence-corrected chi connectivity index (χ0v) is 46.5. The van der Waals surface area contributed by atoms with Crippen molar-refractivity contribution in [2.45, 2.75) is 316 Å². The summed E-state index contributed by atoms with van der Waals surface area (Å²) in [5.74, 6) is -0.901. The molecule has 0 fully saturated rings. The summed E-state index contributed by atoms with van der Waals surface area (Å²) in [5, 5.41) is 0. The van der Waals surface area contributed by atoms with Crippen LogP contribution in [0.5, 0.6) is 0 Å². The van der Waals surface area contributed by atoms with Crippen molar-refractivity contribution in [3.8, 4) is 0 Å². The van der Waals surface area contributed by atoms with Crippen LogP contribution >= 0.6 is 0 Å². The summed E-state index contributed by atoms with van der Waals surface area (Å²) in [6, 6.07) is 0. The van der Waals surface area contributed by atoms with E-state index in [4.69, 9.17) is 14.2 Å². The maximum Gasteiger partial charge on any atom is 0.306 e. The number of unbranched alkanes of at least 4 members (excludes halogenated alkanes) is 34. The second-order valence-electron chi connectivity index (χ2n) is 20.2. The average Bonchev–Trinajstić information content (AvgIpc) is 3.36. The summed E-state index contributed by atoms with van der Waals surface area (Å²) in [7, 11) is 0. The Morgan fingerprint density at radius 2 is 0.571 bits per heavy atom. The average molecular weight is 980 g/mol. The standard InChI is InChI=1S/C64H114O6/c1-4-7-10-13-16-19-22-25-28-29-30-31-32-33-34-35-37-39-42-45-48-51-54-57-63(66)69-60-61(59-68-62(65)56-53-50-47-44-41-38-27-24-21-18-15-12-9-6-3)70-64(67)58-55-52-49-46-43-40-36-26-23-20-17-14-11-8-5-2/h8,11,15,17-18,20,24,26-27,36,61H,4-7,9-10,12-14,16,19,21-23,25,28-35,37-60H2,1-3H3/b11-8-,18-15-,20-17-,27-24-,36-26-. The predicted molar refractivity (Wildman–Crippen MR) is 302 cm³/mol. The lowest BCUT2D eigenvalue weighted by Gasteiger charge is -2.18. The molecule has 1 atom stereocenters. The van der Waals surface area contributed by atoms with E-state index in [-0.39, 0.29) is 31.1 Å². The molecule has 0 rings (SSSR count). The number of esters is 3. The molecular weight excluding hydrogens is 865 g/mol. The molecule has 0 aliphatic rings. The molecule has 0 saturated carbocycles. The molecule has 0 spiro atoms. The van der Waals surface area contributed by atoms with Gasteiger partial charge in [0, 0.05) is 19.3 Å². The van der Waals surface area contributed by atoms with Gasteiger partial charge in [0.15, 0.2) is 6.10 Å². The first-order valence-electron chi connectivity index (χ1n) is 30.3. The van der Waals surface area contributed by atoms with E-state index in [1.807, 2.05) is 0 Å². The molecule has 0 saturated heterocycles. The van der Waals surface area contributed by atoms with E-state index in [0.717, 1.165) is 116 Å². The summed E-state index contributed by atoms with van der Waals surface area (Å²) in [6.45, 7) is 6.50. The second kappa shape index (κ2) is 58.7. The van der Waals surface area contributed by atoms with E-state index in [0.29, 0.717) is 19.3 Å². The largest absolute Gasteiger partial charge is 0.462 e. The topological polar surface area (TPSA) is 78.9 Å². The van der Waals surface area contributed by atoms with E-state index >= 15 is 0 Å². The summed E-state index contributed by atoms with van der Waals surface area (Å²) in [5.41, 5.74) is 0. The number of carbonyl (C=O) groups excluding carboxylic acids is 3. The fourth-order valence-electron chi connectivity index (χ4n) is 8.71. The molecule has 0 bridgehead atoms. The number of ether oxygens (including phenoxy) is 3. The SMILES string of the molecule is CC/C=C\C/C=C\C/C=C\CCCCCCCC(=O)OC(COC(=O)CCCCCCC/C=C\C/C=C\CCCC)COC(=O)CCCCCCCCCCCCCCCCCCCCCCCCC. The van der Waals surface area contributed by atoms with Crippen LogP contribution in [-0.2, 0) is 28.6 Å². The summed E-state index contributed by atoms with van der Waals surface area (Å²) < 4.78 is 16.9. The maximum atomic E-state index is 12.9. The summed E-state index contributed by atoms with van der Waals surface area (Å²) >= 11 is 0. The van der Waals surface area contributed by atoms with Crippen molar-refractivity contribution >= 4 is 17.9 Å². The van der Waals surface area contributed by atoms with E-state index in [2.05, 4.69) is 81.5 Å². The third-order valence-corrected chi connectivity index (χ3v) is 13.3. The molecule has 0 heterocycles. The van der Waals surface area contributed by atoms with Gasteiger partial charge in [-0.15, -0.1) is 0 Å². The van der Waals surface area contributed by atoms with Gasteiger partial charge in [0.1, 0.15) is 13.2 Å². The van der Waals surface area contributed by atoms with Crippen LogP contribution in [-0.4, -0.2) is 37.2 Å². The Balaban J connectivity index is 4.30. The number of hydrogen-bond donors (Lipinski definition) is 0. The van der Waals surface area contributed by atoms with Gasteiger partial charge >= 0.3 is 17.9 Å². The molecule has 0 aliphatic heterocycles. The van der Waals surface area contributed by atoms with Crippen LogP contribution in [0.4, 0.5) is 0 Å². The lowest BCUT2D eigenvalue weighted by molar-refractivity contribution is -0.167. The quantitative estimate of drug-likeness (QED) is 0.0261. The fourth-order valence-corrected chi connectivity index (χ4v) is 8.71. The van der Waals surface area contributed by atoms with Crippen LogP contribution in [0.15, 0.2) is 60.8 Å². The van der Waals surface area contributed by atoms with Crippen molar-refractivity contribution in [1.29, 1.82) is 0 Å². The van der Waals surface area contributed by atoms with Gasteiger partial charge in [-0.3, -0.25) is 14.4 Å². The van der Waals surface area contributed by atoms with Gasteiger partial charge in [-0.1, -0.05) is 274 Å². The van der Waals surface area contributed by atoms with Gasteiger partial charge in [-0.25, -0.2) is 0 Å². The normalized spacial score (nSPS) is 12.4. The van der Waals surface area contributed by atoms with Gasteiger partial charge in [0.25, 0.3) is 0 Å². The summed E-state index contributed by atoms with van der Waals surface area (Å²) in [6.07, 6.45) is 73.7. The molecule has 0 aromatic heterocycles. The molecule has 70 heavy (non-hydrogen) atoms. The molecule has 0 radical (unpaired) electrons. The van der Waals surface area contributed by atoms with Crippen LogP contribution in [0, 0.1) is 0 Å². The van der Waals surface area contributed by atoms with E-state index in [1.54, 1.807) is 0 Å². The highest BCUT2D eigenvalue weighted by molar-refractivity contribution is 5.71. The number of allylic oxidation sites excluding steroid dienone is 10. The highest BCUT2D eigenvalue weighted by Crippen LogP contribution is 2.17. The zero-order valence-electron chi connectivity index (χ0n) is 46.5. The highest BCUT2D eigenvalue weighted by atomic mass is 16.6. The number of rotatable bonds is 55. The number of carbonyl (C=O) groups is 3. The number of hydrogen-bond acceptors (Lipinski definition) is 6. The molecule has 0 aliphatic carbocycles. The van der Waals surface area contributed by atoms with E-state index < -0.39 is 6.10 Å². The van der Waals surface area contributed by atoms with E-state index in [1.165, 1.54) is 154 Å². The molecule has 0 aromatic rings. The van der Waals surface area contributed by atoms with Crippen molar-refractivity contribution in [1.82, 2.24) is 0 Å². The Morgan fingerprint density at radius 3 is 0.914 bits per heavy atom. The zero-order chi connectivity index (χ0) is 50.7. The van der Waals surface area contributed by atoms with Gasteiger partial charge in [0.2, 0.25) is 0 Å². The Hall–Kier alpha value is -2.89. The van der Waals surface area contributed by atoms with Gasteiger partial charge in [-0.05, 0) is 77.0 Å². The van der Waals surface area contributed by atoms with Crippen LogP contribution in [0.3, 0.4) is 0 Å². The third-order valence-electron chi connectivity index (χ3n) is 13.3. The Kier molecular flexibility index (Phi) is 56.3. The minimum atomic E-state index is -0.788. The van der Waals surface area contributed by atoms with Crippen LogP contribution < -0.4 is 0 Å². The summed E-state index contributed by atoms with van der Waals surface area (Å²) in [4.78, 5) is 38.2. The molecule has 6 heteroatoms. The van der Waals surface area contributed by atoms with Crippen LogP contribution in [0.25, 0.3) is 0 Å². The lowest BCUT2D eigenvalue weighted by Crippen LogP contribution is -2.30. The Bertz CT molecular complexity index is 1260. The molecular formula is C64H114O6. The fraction of sp³-hybridized carbons (Fsp3) is 0.797. The van der Waals surface area contributed by atoms with Crippen molar-refractivity contribution < 1.29 is 28.6 Å². The highest BCUT2D eigenvalue weighted by Gasteiger charge is 2.19. The smallest absolute Gasteiger partial charge is 0.306 e. The van der Waals surface area contributed by atoms with Gasteiger partial charge in [-0.2, -0.15) is 0 Å². The van der Waals surface area contributed by atoms with E-state index in [9.17, 15) is 14.4 Å². The van der Waals surface area contributed by atoms with Crippen molar-refractivity contribution in [2.75, 3.05) is 13.2 Å². The molecule has 1 unspecified atom stereocenters. The molecule has 406 valence electrons. The van der Waals surface area contributed by atoms with Crippen LogP contribution in [0.1, 0.15) is 310 Å². The molecule has 6 nitrogen and oxygen atoms in total. The Morgan fingerprint density at radius 1 is 0.300 bits per heavy atom. The van der Waals surface area contributed by atoms with Crippen molar-refractivity contribution in [3.63, 3.8) is 0 Å². The first-order valence-corrected chi connectivity index (χ1v) is 30.3. The Labute approximate surface area is 434 Å². The monoisotopic (exact) mass is 979 g/mol. The molecule has 0 amide bonds. The van der Waals surface area contributed by atoms with Crippen LogP contribution in [0.2, 0.25) is 0 Å². The van der Waals surface area contributed by atoms with Crippen molar-refractivity contribution in [3.05, 3.63) is 60.8 Å². The minimum Gasteiger partial charge on any atom is -0.462 e. The maximum absolute atomic E-state index is 12.9. The molecule has 0 aromatic carbocycles. The first-order chi connectivity index (χ1) is 34.5. The second-order valence-corrected chi connectivity index (χ2v) is 20.2. The lowest BCUT2D eigenvalue weighted by atomic mass is 10.0. The van der Waals surface area contributed by atoms with Gasteiger partial charge < -0.3 is 14.2 Å². The predicted octanol–water partition coefficient (Wildman–Crippen LogP) is 20.4. The third kappa shape index (κ3) is 56.0. The van der Waals surface area contributed by atoms with Crippen molar-refractivity contribution in [2.24, 2.45) is 0 Å². The minimum absolute atomic E-state index is 0.0833. The first kappa shape index (κ1) is 67.1.